The zero-order valence-electron chi connectivity index (χ0n) is 19.1. The molecule has 180 valence electrons. The molecule has 2 rings (SSSR count). The van der Waals surface area contributed by atoms with Gasteiger partial charge in [0.25, 0.3) is 0 Å². The number of nitrogens with zero attached hydrogens (tertiary/aromatic N) is 2. The average molecular weight is 498 g/mol. The summed E-state index contributed by atoms with van der Waals surface area (Å²) in [5, 5.41) is 2.59. The maximum atomic E-state index is 13.6. The number of amides is 2. The van der Waals surface area contributed by atoms with E-state index < -0.39 is 34.3 Å². The highest BCUT2D eigenvalue weighted by Crippen LogP contribution is 2.25. The fourth-order valence-corrected chi connectivity index (χ4v) is 4.10. The predicted molar refractivity (Wildman–Crippen MR) is 128 cm³/mol. The van der Waals surface area contributed by atoms with Crippen molar-refractivity contribution in [3.05, 3.63) is 64.9 Å². The molecule has 0 aliphatic carbocycles. The summed E-state index contributed by atoms with van der Waals surface area (Å²) in [4.78, 5) is 27.5. The van der Waals surface area contributed by atoms with Crippen LogP contribution in [0.4, 0.5) is 10.1 Å². The van der Waals surface area contributed by atoms with E-state index >= 15 is 0 Å². The summed E-state index contributed by atoms with van der Waals surface area (Å²) in [5.41, 5.74) is 0.832. The summed E-state index contributed by atoms with van der Waals surface area (Å²) >= 11 is 5.82. The Balaban J connectivity index is 2.38. The van der Waals surface area contributed by atoms with Crippen LogP contribution in [0.5, 0.6) is 0 Å². The van der Waals surface area contributed by atoms with Crippen LogP contribution in [0.25, 0.3) is 0 Å². The average Bonchev–Trinajstić information content (AvgIpc) is 2.76. The van der Waals surface area contributed by atoms with Crippen LogP contribution in [-0.4, -0.2) is 50.0 Å². The van der Waals surface area contributed by atoms with Crippen LogP contribution in [0.2, 0.25) is 5.02 Å². The number of halogens is 2. The highest BCUT2D eigenvalue weighted by Gasteiger charge is 2.30. The number of sulfonamides is 1. The first-order chi connectivity index (χ1) is 15.4. The van der Waals surface area contributed by atoms with Crippen LogP contribution in [0.15, 0.2) is 48.5 Å². The monoisotopic (exact) mass is 497 g/mol. The molecular weight excluding hydrogens is 469 g/mol. The number of nitrogens with one attached hydrogen (secondary N) is 1. The summed E-state index contributed by atoms with van der Waals surface area (Å²) in [6.45, 7) is 4.92. The van der Waals surface area contributed by atoms with Gasteiger partial charge < -0.3 is 10.2 Å². The zero-order chi connectivity index (χ0) is 24.8. The number of anilines is 1. The third-order valence-corrected chi connectivity index (χ3v) is 6.66. The van der Waals surface area contributed by atoms with Crippen molar-refractivity contribution >= 4 is 39.1 Å². The molecule has 2 amide bonds. The Kier molecular flexibility index (Phi) is 9.25. The van der Waals surface area contributed by atoms with Gasteiger partial charge in [0.15, 0.2) is 0 Å². The quantitative estimate of drug-likeness (QED) is 0.543. The first kappa shape index (κ1) is 26.6. The Hall–Kier alpha value is -2.65. The van der Waals surface area contributed by atoms with Gasteiger partial charge in [-0.3, -0.25) is 13.9 Å². The van der Waals surface area contributed by atoms with Crippen molar-refractivity contribution in [3.8, 4) is 0 Å². The third-order valence-electron chi connectivity index (χ3n) is 5.23. The highest BCUT2D eigenvalue weighted by molar-refractivity contribution is 7.92. The van der Waals surface area contributed by atoms with E-state index in [4.69, 9.17) is 11.6 Å². The van der Waals surface area contributed by atoms with Crippen molar-refractivity contribution in [2.45, 2.75) is 45.8 Å². The molecule has 2 aromatic carbocycles. The molecule has 7 nitrogen and oxygen atoms in total. The molecule has 0 fully saturated rings. The van der Waals surface area contributed by atoms with Crippen molar-refractivity contribution in [1.82, 2.24) is 10.2 Å². The molecule has 0 saturated heterocycles. The Morgan fingerprint density at radius 3 is 2.30 bits per heavy atom. The summed E-state index contributed by atoms with van der Waals surface area (Å²) in [6, 6.07) is 11.6. The van der Waals surface area contributed by atoms with E-state index in [9.17, 15) is 22.4 Å². The van der Waals surface area contributed by atoms with Crippen LogP contribution in [0.3, 0.4) is 0 Å². The maximum absolute atomic E-state index is 13.6. The van der Waals surface area contributed by atoms with Gasteiger partial charge in [-0.2, -0.15) is 0 Å². The maximum Gasteiger partial charge on any atom is 0.244 e. The first-order valence-electron chi connectivity index (χ1n) is 10.5. The zero-order valence-corrected chi connectivity index (χ0v) is 20.7. The number of rotatable bonds is 10. The van der Waals surface area contributed by atoms with Gasteiger partial charge in [-0.25, -0.2) is 12.8 Å². The van der Waals surface area contributed by atoms with Crippen molar-refractivity contribution in [2.75, 3.05) is 17.1 Å². The summed E-state index contributed by atoms with van der Waals surface area (Å²) in [6.07, 6.45) is 1.66. The van der Waals surface area contributed by atoms with Gasteiger partial charge in [-0.05, 0) is 44.0 Å². The van der Waals surface area contributed by atoms with Crippen LogP contribution in [-0.2, 0) is 26.2 Å². The second-order valence-electron chi connectivity index (χ2n) is 7.87. The van der Waals surface area contributed by atoms with Crippen LogP contribution >= 0.6 is 11.6 Å². The van der Waals surface area contributed by atoms with Gasteiger partial charge in [-0.1, -0.05) is 48.9 Å². The smallest absolute Gasteiger partial charge is 0.244 e. The molecule has 33 heavy (non-hydrogen) atoms. The molecule has 1 N–H and O–H groups in total. The topological polar surface area (TPSA) is 86.8 Å². The molecule has 0 saturated carbocycles. The normalized spacial score (nSPS) is 13.2. The molecule has 0 aliphatic heterocycles. The van der Waals surface area contributed by atoms with Gasteiger partial charge in [0, 0.05) is 12.6 Å². The summed E-state index contributed by atoms with van der Waals surface area (Å²) < 4.78 is 39.4. The Morgan fingerprint density at radius 2 is 1.76 bits per heavy atom. The molecule has 2 aromatic rings. The Bertz CT molecular complexity index is 1080. The Labute approximate surface area is 199 Å². The van der Waals surface area contributed by atoms with Crippen LogP contribution in [0, 0.1) is 5.82 Å². The van der Waals surface area contributed by atoms with E-state index in [0.29, 0.717) is 0 Å². The molecule has 0 spiro atoms. The lowest BCUT2D eigenvalue weighted by molar-refractivity contribution is -0.139. The second kappa shape index (κ2) is 11.5. The van der Waals surface area contributed by atoms with E-state index in [2.05, 4.69) is 5.32 Å². The molecule has 0 unspecified atom stereocenters. The van der Waals surface area contributed by atoms with Crippen molar-refractivity contribution in [1.29, 1.82) is 0 Å². The molecule has 0 aliphatic rings. The lowest BCUT2D eigenvalue weighted by atomic mass is 10.1. The second-order valence-corrected chi connectivity index (χ2v) is 10.2. The number of benzene rings is 2. The van der Waals surface area contributed by atoms with Gasteiger partial charge in [0.1, 0.15) is 18.4 Å². The summed E-state index contributed by atoms with van der Waals surface area (Å²) in [7, 11) is -3.91. The van der Waals surface area contributed by atoms with Crippen LogP contribution < -0.4 is 9.62 Å². The third kappa shape index (κ3) is 7.43. The molecule has 0 radical (unpaired) electrons. The predicted octanol–water partition coefficient (Wildman–Crippen LogP) is 3.58. The molecule has 0 bridgehead atoms. The lowest BCUT2D eigenvalue weighted by Crippen LogP contribution is -2.52. The van der Waals surface area contributed by atoms with Crippen molar-refractivity contribution in [2.24, 2.45) is 0 Å². The fraction of sp³-hybridized carbons (Fsp3) is 0.391. The van der Waals surface area contributed by atoms with E-state index in [-0.39, 0.29) is 29.2 Å². The standard InChI is InChI=1S/C23H29ClFN3O4S/c1-5-16(2)26-23(30)17(3)27(14-18-9-7-6-8-10-18)22(29)15-28(33(4,31)32)19-11-12-21(25)20(24)13-19/h6-13,16-17H,5,14-15H2,1-4H3,(H,26,30)/t16-,17+/m1/s1. The largest absolute Gasteiger partial charge is 0.352 e. The van der Waals surface area contributed by atoms with Crippen molar-refractivity contribution < 1.29 is 22.4 Å². The van der Waals surface area contributed by atoms with Gasteiger partial charge in [0.05, 0.1) is 17.0 Å². The summed E-state index contributed by atoms with van der Waals surface area (Å²) in [5.74, 6) is -1.64. The lowest BCUT2D eigenvalue weighted by Gasteiger charge is -2.32. The van der Waals surface area contributed by atoms with Gasteiger partial charge >= 0.3 is 0 Å². The SMILES string of the molecule is CC[C@@H](C)NC(=O)[C@H](C)N(Cc1ccccc1)C(=O)CN(c1ccc(F)c(Cl)c1)S(C)(=O)=O. The molecule has 0 heterocycles. The van der Waals surface area contributed by atoms with Crippen LogP contribution in [0.1, 0.15) is 32.8 Å². The number of carbonyl (C=O) groups excluding carboxylic acids is 2. The number of hydrogen-bond acceptors (Lipinski definition) is 4. The molecule has 2 atom stereocenters. The van der Waals surface area contributed by atoms with Gasteiger partial charge in [-0.15, -0.1) is 0 Å². The molecule has 10 heteroatoms. The molecular formula is C23H29ClFN3O4S. The minimum Gasteiger partial charge on any atom is -0.352 e. The van der Waals surface area contributed by atoms with Crippen molar-refractivity contribution in [3.63, 3.8) is 0 Å². The van der Waals surface area contributed by atoms with E-state index in [0.717, 1.165) is 34.7 Å². The van der Waals surface area contributed by atoms with E-state index in [1.807, 2.05) is 44.2 Å². The van der Waals surface area contributed by atoms with Gasteiger partial charge in [0.2, 0.25) is 21.8 Å². The van der Waals surface area contributed by atoms with E-state index in [1.165, 1.54) is 11.0 Å². The Morgan fingerprint density at radius 1 is 1.12 bits per heavy atom. The minimum atomic E-state index is -3.91. The highest BCUT2D eigenvalue weighted by atomic mass is 35.5. The number of carbonyl (C=O) groups is 2. The molecule has 0 aromatic heterocycles. The fourth-order valence-electron chi connectivity index (χ4n) is 3.08. The number of hydrogen-bond donors (Lipinski definition) is 1. The minimum absolute atomic E-state index is 0.0496. The first-order valence-corrected chi connectivity index (χ1v) is 12.7. The van der Waals surface area contributed by atoms with E-state index in [1.54, 1.807) is 6.92 Å².